The number of rotatable bonds is 4. The van der Waals surface area contributed by atoms with Crippen molar-refractivity contribution in [1.82, 2.24) is 0 Å². The van der Waals surface area contributed by atoms with Gasteiger partial charge in [-0.3, -0.25) is 9.10 Å². The van der Waals surface area contributed by atoms with Crippen molar-refractivity contribution in [2.24, 2.45) is 5.41 Å². The zero-order chi connectivity index (χ0) is 17.4. The lowest BCUT2D eigenvalue weighted by Crippen LogP contribution is -2.27. The number of esters is 1. The van der Waals surface area contributed by atoms with E-state index >= 15 is 0 Å². The third-order valence-corrected chi connectivity index (χ3v) is 4.92. The van der Waals surface area contributed by atoms with Crippen molar-refractivity contribution in [3.63, 3.8) is 0 Å². The molecule has 0 saturated carbocycles. The second-order valence-corrected chi connectivity index (χ2v) is 8.58. The maximum Gasteiger partial charge on any atom is 0.338 e. The first-order chi connectivity index (χ1) is 10.5. The molecule has 1 aliphatic heterocycles. The van der Waals surface area contributed by atoms with Crippen molar-refractivity contribution in [2.45, 2.75) is 27.2 Å². The van der Waals surface area contributed by atoms with Crippen LogP contribution in [-0.4, -0.2) is 39.6 Å². The first-order valence-electron chi connectivity index (χ1n) is 7.31. The van der Waals surface area contributed by atoms with Gasteiger partial charge < -0.3 is 4.74 Å². The SMILES string of the molecule is CC(C)(C)C(=O)COC(=O)c1ccc2c(c1)CCN2S(C)(=O)=O. The van der Waals surface area contributed by atoms with Gasteiger partial charge in [0.05, 0.1) is 17.5 Å². The van der Waals surface area contributed by atoms with Gasteiger partial charge in [-0.15, -0.1) is 0 Å². The summed E-state index contributed by atoms with van der Waals surface area (Å²) in [6.45, 7) is 5.39. The highest BCUT2D eigenvalue weighted by molar-refractivity contribution is 7.92. The first kappa shape index (κ1) is 17.5. The maximum absolute atomic E-state index is 12.0. The molecular weight excluding hydrogens is 318 g/mol. The normalized spacial score (nSPS) is 14.5. The van der Waals surface area contributed by atoms with Crippen molar-refractivity contribution in [1.29, 1.82) is 0 Å². The monoisotopic (exact) mass is 339 g/mol. The molecule has 2 rings (SSSR count). The number of carbonyl (C=O) groups is 2. The van der Waals surface area contributed by atoms with Gasteiger partial charge in [0.25, 0.3) is 0 Å². The zero-order valence-corrected chi connectivity index (χ0v) is 14.6. The second-order valence-electron chi connectivity index (χ2n) is 6.68. The van der Waals surface area contributed by atoms with Gasteiger partial charge in [-0.25, -0.2) is 13.2 Å². The van der Waals surface area contributed by atoms with E-state index in [1.807, 2.05) is 0 Å². The van der Waals surface area contributed by atoms with Gasteiger partial charge in [0.2, 0.25) is 10.0 Å². The van der Waals surface area contributed by atoms with Gasteiger partial charge in [-0.05, 0) is 30.2 Å². The van der Waals surface area contributed by atoms with Gasteiger partial charge in [0.1, 0.15) is 0 Å². The van der Waals surface area contributed by atoms with Crippen LogP contribution in [0.4, 0.5) is 5.69 Å². The molecule has 0 aromatic heterocycles. The summed E-state index contributed by atoms with van der Waals surface area (Å²) < 4.78 is 29.7. The quantitative estimate of drug-likeness (QED) is 0.781. The molecule has 0 amide bonds. The lowest BCUT2D eigenvalue weighted by atomic mass is 9.91. The van der Waals surface area contributed by atoms with Gasteiger partial charge in [-0.1, -0.05) is 20.8 Å². The van der Waals surface area contributed by atoms with Crippen LogP contribution in [0.1, 0.15) is 36.7 Å². The van der Waals surface area contributed by atoms with E-state index in [-0.39, 0.29) is 12.4 Å². The van der Waals surface area contributed by atoms with Crippen LogP contribution in [0.5, 0.6) is 0 Å². The van der Waals surface area contributed by atoms with Gasteiger partial charge in [-0.2, -0.15) is 0 Å². The third kappa shape index (κ3) is 3.90. The summed E-state index contributed by atoms with van der Waals surface area (Å²) in [5.74, 6) is -0.738. The highest BCUT2D eigenvalue weighted by Gasteiger charge is 2.27. The first-order valence-corrected chi connectivity index (χ1v) is 9.16. The number of sulfonamides is 1. The molecule has 23 heavy (non-hydrogen) atoms. The third-order valence-electron chi connectivity index (χ3n) is 3.74. The molecule has 0 unspecified atom stereocenters. The van der Waals surface area contributed by atoms with Crippen molar-refractivity contribution in [3.05, 3.63) is 29.3 Å². The fraction of sp³-hybridized carbons (Fsp3) is 0.500. The Labute approximate surface area is 136 Å². The zero-order valence-electron chi connectivity index (χ0n) is 13.8. The standard InChI is InChI=1S/C16H21NO5S/c1-16(2,3)14(18)10-22-15(19)12-5-6-13-11(9-12)7-8-17(13)23(4,20)21/h5-6,9H,7-8,10H2,1-4H3. The molecule has 1 aromatic carbocycles. The molecule has 6 nitrogen and oxygen atoms in total. The minimum Gasteiger partial charge on any atom is -0.454 e. The highest BCUT2D eigenvalue weighted by atomic mass is 32.2. The molecular formula is C16H21NO5S. The molecule has 126 valence electrons. The van der Waals surface area contributed by atoms with E-state index in [0.29, 0.717) is 24.2 Å². The molecule has 0 atom stereocenters. The van der Waals surface area contributed by atoms with Crippen LogP contribution in [-0.2, 0) is 26.0 Å². The average molecular weight is 339 g/mol. The molecule has 0 aliphatic carbocycles. The number of ketones is 1. The summed E-state index contributed by atoms with van der Waals surface area (Å²) in [4.78, 5) is 23.8. The van der Waals surface area contributed by atoms with E-state index in [0.717, 1.165) is 11.8 Å². The largest absolute Gasteiger partial charge is 0.454 e. The number of nitrogens with zero attached hydrogens (tertiary/aromatic N) is 1. The molecule has 0 bridgehead atoms. The van der Waals surface area contributed by atoms with Crippen LogP contribution >= 0.6 is 0 Å². The molecule has 1 aliphatic rings. The topological polar surface area (TPSA) is 80.8 Å². The van der Waals surface area contributed by atoms with Crippen molar-refractivity contribution < 1.29 is 22.7 Å². The van der Waals surface area contributed by atoms with E-state index in [9.17, 15) is 18.0 Å². The van der Waals surface area contributed by atoms with Crippen molar-refractivity contribution in [3.8, 4) is 0 Å². The minimum absolute atomic E-state index is 0.157. The summed E-state index contributed by atoms with van der Waals surface area (Å²) in [5, 5.41) is 0. The number of hydrogen-bond donors (Lipinski definition) is 0. The van der Waals surface area contributed by atoms with E-state index in [1.165, 1.54) is 10.4 Å². The summed E-state index contributed by atoms with van der Waals surface area (Å²) in [5.41, 5.74) is 1.14. The van der Waals surface area contributed by atoms with Crippen molar-refractivity contribution >= 4 is 27.5 Å². The van der Waals surface area contributed by atoms with E-state index in [1.54, 1.807) is 32.9 Å². The number of Topliss-reactive ketones (excluding diaryl/α,β-unsaturated/α-hetero) is 1. The summed E-state index contributed by atoms with van der Waals surface area (Å²) >= 11 is 0. The van der Waals surface area contributed by atoms with Crippen molar-refractivity contribution in [2.75, 3.05) is 23.7 Å². The molecule has 0 N–H and O–H groups in total. The van der Waals surface area contributed by atoms with Crippen LogP contribution < -0.4 is 4.31 Å². The van der Waals surface area contributed by atoms with Crippen LogP contribution in [0.15, 0.2) is 18.2 Å². The number of hydrogen-bond acceptors (Lipinski definition) is 5. The number of ether oxygens (including phenoxy) is 1. The fourth-order valence-corrected chi connectivity index (χ4v) is 3.23. The molecule has 1 aromatic rings. The van der Waals surface area contributed by atoms with E-state index < -0.39 is 21.4 Å². The van der Waals surface area contributed by atoms with Crippen LogP contribution in [0.2, 0.25) is 0 Å². The number of anilines is 1. The summed E-state index contributed by atoms with van der Waals surface area (Å²) in [7, 11) is -3.31. The van der Waals surface area contributed by atoms with Gasteiger partial charge >= 0.3 is 5.97 Å². The molecule has 0 saturated heterocycles. The number of benzene rings is 1. The summed E-state index contributed by atoms with van der Waals surface area (Å²) in [6, 6.07) is 4.75. The molecule has 7 heteroatoms. The van der Waals surface area contributed by atoms with Crippen LogP contribution in [0.25, 0.3) is 0 Å². The van der Waals surface area contributed by atoms with Gasteiger partial charge in [0, 0.05) is 12.0 Å². The predicted molar refractivity (Wildman–Crippen MR) is 87.1 cm³/mol. The summed E-state index contributed by atoms with van der Waals surface area (Å²) in [6.07, 6.45) is 1.70. The molecule has 1 heterocycles. The molecule has 0 spiro atoms. The Morgan fingerprint density at radius 1 is 1.26 bits per heavy atom. The maximum atomic E-state index is 12.0. The highest BCUT2D eigenvalue weighted by Crippen LogP contribution is 2.30. The van der Waals surface area contributed by atoms with E-state index in [4.69, 9.17) is 4.74 Å². The smallest absolute Gasteiger partial charge is 0.338 e. The molecule has 0 radical (unpaired) electrons. The fourth-order valence-electron chi connectivity index (χ4n) is 2.27. The number of fused-ring (bicyclic) bond motifs is 1. The Balaban J connectivity index is 2.12. The van der Waals surface area contributed by atoms with E-state index in [2.05, 4.69) is 0 Å². The molecule has 0 fully saturated rings. The second kappa shape index (κ2) is 5.96. The van der Waals surface area contributed by atoms with Gasteiger partial charge in [0.15, 0.2) is 12.4 Å². The van der Waals surface area contributed by atoms with Crippen LogP contribution in [0.3, 0.4) is 0 Å². The Kier molecular flexibility index (Phi) is 4.52. The minimum atomic E-state index is -3.31. The Morgan fingerprint density at radius 3 is 2.48 bits per heavy atom. The Hall–Kier alpha value is -1.89. The van der Waals surface area contributed by atoms with Crippen LogP contribution in [0, 0.1) is 5.41 Å². The Morgan fingerprint density at radius 2 is 1.91 bits per heavy atom. The number of carbonyl (C=O) groups excluding carboxylic acids is 2. The Bertz CT molecular complexity index is 746. The average Bonchev–Trinajstić information content (AvgIpc) is 2.86. The predicted octanol–water partition coefficient (Wildman–Crippen LogP) is 1.78. The lowest BCUT2D eigenvalue weighted by molar-refractivity contribution is -0.129. The lowest BCUT2D eigenvalue weighted by Gasteiger charge is -2.17.